The van der Waals surface area contributed by atoms with Gasteiger partial charge >= 0.3 is 12.1 Å². The van der Waals surface area contributed by atoms with Crippen molar-refractivity contribution in [2.45, 2.75) is 50.2 Å². The molecule has 3 N–H and O–H groups in total. The van der Waals surface area contributed by atoms with Crippen LogP contribution in [0.5, 0.6) is 5.75 Å². The normalized spacial score (nSPS) is 20.5. The molecule has 0 aliphatic carbocycles. The number of hydrazine groups is 1. The van der Waals surface area contributed by atoms with E-state index in [0.717, 1.165) is 17.1 Å². The number of aromatic nitrogens is 1. The molecule has 2 aliphatic heterocycles. The van der Waals surface area contributed by atoms with Gasteiger partial charge in [-0.2, -0.15) is 0 Å². The summed E-state index contributed by atoms with van der Waals surface area (Å²) in [7, 11) is 1.13. The van der Waals surface area contributed by atoms with Gasteiger partial charge < -0.3 is 25.2 Å². The number of rotatable bonds is 9. The molecule has 4 amide bonds. The van der Waals surface area contributed by atoms with E-state index < -0.39 is 66.7 Å². The second-order valence-electron chi connectivity index (χ2n) is 8.19. The summed E-state index contributed by atoms with van der Waals surface area (Å²) in [5, 5.41) is 16.2. The van der Waals surface area contributed by atoms with Crippen molar-refractivity contribution < 1.29 is 43.3 Å². The fourth-order valence-electron chi connectivity index (χ4n) is 3.98. The maximum atomic E-state index is 13.2. The third-order valence-electron chi connectivity index (χ3n) is 5.74. The van der Waals surface area contributed by atoms with Gasteiger partial charge in [0.25, 0.3) is 5.91 Å². The summed E-state index contributed by atoms with van der Waals surface area (Å²) in [4.78, 5) is 78.7. The highest BCUT2D eigenvalue weighted by atomic mass is 16.5. The van der Waals surface area contributed by atoms with Crippen LogP contribution in [0, 0.1) is 0 Å². The first-order valence-electron chi connectivity index (χ1n) is 11.3. The number of aliphatic carboxylic acids is 1. The lowest BCUT2D eigenvalue weighted by molar-refractivity contribution is -0.176. The number of hydrogen-bond donors (Lipinski definition) is 3. The van der Waals surface area contributed by atoms with Crippen LogP contribution in [-0.4, -0.2) is 94.1 Å². The van der Waals surface area contributed by atoms with Gasteiger partial charge in [-0.25, -0.2) is 9.80 Å². The molecule has 14 nitrogen and oxygen atoms in total. The van der Waals surface area contributed by atoms with Gasteiger partial charge in [0.1, 0.15) is 30.5 Å². The molecule has 2 fully saturated rings. The Bertz CT molecular complexity index is 1020. The van der Waals surface area contributed by atoms with Crippen molar-refractivity contribution in [1.29, 1.82) is 0 Å². The molecule has 14 heteroatoms. The van der Waals surface area contributed by atoms with Gasteiger partial charge in [-0.15, -0.1) is 0 Å². The summed E-state index contributed by atoms with van der Waals surface area (Å²) in [6.45, 7) is -0.331. The lowest BCUT2D eigenvalue weighted by atomic mass is 10.0. The minimum atomic E-state index is -1.44. The molecule has 0 spiro atoms. The Labute approximate surface area is 205 Å². The minimum absolute atomic E-state index is 0.0138. The Hall–Kier alpha value is -4.23. The summed E-state index contributed by atoms with van der Waals surface area (Å²) in [5.74, 6) is -3.65. The smallest absolute Gasteiger partial charge is 0.407 e. The van der Waals surface area contributed by atoms with E-state index >= 15 is 0 Å². The predicted octanol–water partition coefficient (Wildman–Crippen LogP) is -0.758. The molecule has 0 radical (unpaired) electrons. The Morgan fingerprint density at radius 1 is 1.25 bits per heavy atom. The number of carbonyl (C=O) groups is 6. The van der Waals surface area contributed by atoms with Crippen molar-refractivity contribution in [3.05, 3.63) is 24.5 Å². The number of fused-ring (bicyclic) bond motifs is 1. The van der Waals surface area contributed by atoms with Crippen LogP contribution >= 0.6 is 0 Å². The number of hydrogen-bond acceptors (Lipinski definition) is 9. The number of amides is 4. The standard InChI is InChI=1S/C22H27N5O9/c1-35-22(34)25-14-6-7-18(29)26-9-3-5-16(27(26)21(14)33)20(32)24-15(10-19(30)31)17(28)12-36-13-4-2-8-23-11-13/h2,4,8,11,14-16H,3,5-7,9-10,12H2,1H3,(H,24,32)(H,25,34)(H,30,31)/t14-,15-,16-/m0/s1. The van der Waals surface area contributed by atoms with E-state index in [2.05, 4.69) is 20.4 Å². The van der Waals surface area contributed by atoms with Crippen molar-refractivity contribution in [2.24, 2.45) is 0 Å². The molecule has 1 aromatic rings. The van der Waals surface area contributed by atoms with E-state index in [-0.39, 0.29) is 31.6 Å². The van der Waals surface area contributed by atoms with Crippen LogP contribution in [0.3, 0.4) is 0 Å². The van der Waals surface area contributed by atoms with Crippen LogP contribution in [0.15, 0.2) is 24.5 Å². The van der Waals surface area contributed by atoms with Crippen LogP contribution < -0.4 is 15.4 Å². The summed E-state index contributed by atoms with van der Waals surface area (Å²) < 4.78 is 9.87. The molecule has 1 aromatic heterocycles. The SMILES string of the molecule is COC(=O)N[C@H]1CCC(=O)N2CCC[C@@H](C(=O)N[C@@H](CC(=O)O)C(=O)COc3cccnc3)N2C1=O. The average molecular weight is 505 g/mol. The Kier molecular flexibility index (Phi) is 8.76. The summed E-state index contributed by atoms with van der Waals surface area (Å²) in [6.07, 6.45) is 1.82. The number of nitrogens with one attached hydrogen (secondary N) is 2. The predicted molar refractivity (Wildman–Crippen MR) is 119 cm³/mol. The van der Waals surface area contributed by atoms with Crippen LogP contribution in [0.4, 0.5) is 4.79 Å². The van der Waals surface area contributed by atoms with Crippen molar-refractivity contribution in [3.8, 4) is 5.75 Å². The number of carboxylic acids is 1. The number of nitrogens with zero attached hydrogens (tertiary/aromatic N) is 3. The van der Waals surface area contributed by atoms with Crippen LogP contribution in [0.25, 0.3) is 0 Å². The average Bonchev–Trinajstić information content (AvgIpc) is 2.99. The molecule has 36 heavy (non-hydrogen) atoms. The zero-order valence-electron chi connectivity index (χ0n) is 19.5. The number of methoxy groups -OCH3 is 1. The largest absolute Gasteiger partial charge is 0.484 e. The Balaban J connectivity index is 1.76. The molecule has 0 aromatic carbocycles. The minimum Gasteiger partial charge on any atom is -0.484 e. The fraction of sp³-hybridized carbons (Fsp3) is 0.500. The molecule has 2 aliphatic rings. The zero-order valence-corrected chi connectivity index (χ0v) is 19.5. The van der Waals surface area contributed by atoms with Gasteiger partial charge in [0.2, 0.25) is 11.8 Å². The van der Waals surface area contributed by atoms with E-state index in [1.807, 2.05) is 0 Å². The maximum Gasteiger partial charge on any atom is 0.407 e. The molecule has 2 saturated heterocycles. The van der Waals surface area contributed by atoms with E-state index in [9.17, 15) is 33.9 Å². The van der Waals surface area contributed by atoms with Crippen molar-refractivity contribution >= 4 is 35.6 Å². The molecular weight excluding hydrogens is 478 g/mol. The molecule has 0 unspecified atom stereocenters. The molecule has 3 atom stereocenters. The van der Waals surface area contributed by atoms with E-state index in [1.54, 1.807) is 12.1 Å². The van der Waals surface area contributed by atoms with Gasteiger partial charge in [-0.3, -0.25) is 34.0 Å². The number of alkyl carbamates (subject to hydrolysis) is 1. The molecule has 0 bridgehead atoms. The molecular formula is C22H27N5O9. The maximum absolute atomic E-state index is 13.2. The highest BCUT2D eigenvalue weighted by Gasteiger charge is 2.45. The monoisotopic (exact) mass is 505 g/mol. The fourth-order valence-corrected chi connectivity index (χ4v) is 3.98. The van der Waals surface area contributed by atoms with E-state index in [0.29, 0.717) is 6.42 Å². The van der Waals surface area contributed by atoms with Gasteiger partial charge in [-0.1, -0.05) is 0 Å². The van der Waals surface area contributed by atoms with Gasteiger partial charge in [0.05, 0.1) is 19.7 Å². The Morgan fingerprint density at radius 2 is 2.03 bits per heavy atom. The first-order valence-corrected chi connectivity index (χ1v) is 11.3. The first-order chi connectivity index (χ1) is 17.2. The number of pyridine rings is 1. The quantitative estimate of drug-likeness (QED) is 0.385. The number of carbonyl (C=O) groups excluding carboxylic acids is 5. The summed E-state index contributed by atoms with van der Waals surface area (Å²) in [5.41, 5.74) is 0. The van der Waals surface area contributed by atoms with Crippen molar-refractivity contribution in [3.63, 3.8) is 0 Å². The summed E-state index contributed by atoms with van der Waals surface area (Å²) >= 11 is 0. The topological polar surface area (TPSA) is 185 Å². The lowest BCUT2D eigenvalue weighted by Crippen LogP contribution is -2.64. The van der Waals surface area contributed by atoms with Gasteiger partial charge in [0.15, 0.2) is 5.78 Å². The van der Waals surface area contributed by atoms with E-state index in [1.165, 1.54) is 12.4 Å². The van der Waals surface area contributed by atoms with Crippen molar-refractivity contribution in [1.82, 2.24) is 25.6 Å². The second kappa shape index (κ2) is 12.0. The highest BCUT2D eigenvalue weighted by Crippen LogP contribution is 2.25. The lowest BCUT2D eigenvalue weighted by Gasteiger charge is -2.43. The first kappa shape index (κ1) is 26.4. The molecule has 0 saturated carbocycles. The van der Waals surface area contributed by atoms with Gasteiger partial charge in [0, 0.05) is 19.2 Å². The third-order valence-corrected chi connectivity index (χ3v) is 5.74. The van der Waals surface area contributed by atoms with Gasteiger partial charge in [-0.05, 0) is 31.4 Å². The Morgan fingerprint density at radius 3 is 2.69 bits per heavy atom. The number of carboxylic acid groups (broad SMARTS) is 1. The van der Waals surface area contributed by atoms with Crippen LogP contribution in [0.2, 0.25) is 0 Å². The molecule has 3 heterocycles. The number of ether oxygens (including phenoxy) is 2. The number of ketones is 1. The number of Topliss-reactive ketones (excluding diaryl/α,β-unsaturated/α-hetero) is 1. The third kappa shape index (κ3) is 6.46. The zero-order chi connectivity index (χ0) is 26.2. The van der Waals surface area contributed by atoms with Crippen LogP contribution in [0.1, 0.15) is 32.1 Å². The second-order valence-corrected chi connectivity index (χ2v) is 8.19. The highest BCUT2D eigenvalue weighted by molar-refractivity contribution is 5.97. The summed E-state index contributed by atoms with van der Waals surface area (Å²) in [6, 6.07) is -0.596. The molecule has 3 rings (SSSR count). The van der Waals surface area contributed by atoms with Crippen molar-refractivity contribution in [2.75, 3.05) is 20.3 Å². The molecule has 194 valence electrons. The van der Waals surface area contributed by atoms with Crippen LogP contribution in [-0.2, 0) is 28.7 Å². The van der Waals surface area contributed by atoms with E-state index in [4.69, 9.17) is 4.74 Å².